The van der Waals surface area contributed by atoms with Crippen LogP contribution in [-0.4, -0.2) is 17.9 Å². The highest BCUT2D eigenvalue weighted by atomic mass is 16.7. The van der Waals surface area contributed by atoms with Gasteiger partial charge >= 0.3 is 5.97 Å². The van der Waals surface area contributed by atoms with E-state index >= 15 is 0 Å². The molecule has 0 saturated carbocycles. The van der Waals surface area contributed by atoms with E-state index in [4.69, 9.17) is 16.0 Å². The molecule has 2 rings (SSSR count). The summed E-state index contributed by atoms with van der Waals surface area (Å²) in [6.07, 6.45) is 2.34. The van der Waals surface area contributed by atoms with Gasteiger partial charge < -0.3 is 14.6 Å². The quantitative estimate of drug-likeness (QED) is 0.723. The molecular weight excluding hydrogens is 184 g/mol. The standard InChI is InChI=1S/C10H8O4/c11-10(12)4-2-7-1-3-8-9(5-7)14-6-13-8/h1-5H,6H2,(H,11,12)/i5D. The molecule has 1 aliphatic heterocycles. The van der Waals surface area contributed by atoms with Gasteiger partial charge in [0.05, 0.1) is 1.37 Å². The molecule has 4 nitrogen and oxygen atoms in total. The highest BCUT2D eigenvalue weighted by Crippen LogP contribution is 2.32. The summed E-state index contributed by atoms with van der Waals surface area (Å²) in [5, 5.41) is 8.46. The van der Waals surface area contributed by atoms with Crippen molar-refractivity contribution < 1.29 is 20.7 Å². The van der Waals surface area contributed by atoms with Crippen molar-refractivity contribution in [3.63, 3.8) is 0 Å². The second kappa shape index (κ2) is 3.41. The van der Waals surface area contributed by atoms with Crippen molar-refractivity contribution in [1.82, 2.24) is 0 Å². The smallest absolute Gasteiger partial charge is 0.328 e. The van der Waals surface area contributed by atoms with Crippen LogP contribution in [0.5, 0.6) is 11.5 Å². The summed E-state index contributed by atoms with van der Waals surface area (Å²) in [6.45, 7) is 0.104. The van der Waals surface area contributed by atoms with Crippen LogP contribution in [-0.2, 0) is 4.79 Å². The average Bonchev–Trinajstić information content (AvgIpc) is 2.65. The van der Waals surface area contributed by atoms with E-state index in [2.05, 4.69) is 0 Å². The van der Waals surface area contributed by atoms with Crippen LogP contribution in [0.1, 0.15) is 6.93 Å². The fourth-order valence-electron chi connectivity index (χ4n) is 1.11. The highest BCUT2D eigenvalue weighted by molar-refractivity contribution is 5.85. The van der Waals surface area contributed by atoms with Gasteiger partial charge in [0.1, 0.15) is 0 Å². The topological polar surface area (TPSA) is 55.8 Å². The molecule has 1 N–H and O–H groups in total. The Morgan fingerprint density at radius 3 is 3.07 bits per heavy atom. The Labute approximate surface area is 81.8 Å². The van der Waals surface area contributed by atoms with E-state index in [0.29, 0.717) is 17.1 Å². The minimum Gasteiger partial charge on any atom is -0.478 e. The lowest BCUT2D eigenvalue weighted by molar-refractivity contribution is -0.131. The van der Waals surface area contributed by atoms with Gasteiger partial charge in [0.2, 0.25) is 6.79 Å². The van der Waals surface area contributed by atoms with Crippen LogP contribution < -0.4 is 9.47 Å². The van der Waals surface area contributed by atoms with Crippen molar-refractivity contribution in [1.29, 1.82) is 0 Å². The number of hydrogen-bond donors (Lipinski definition) is 1. The fraction of sp³-hybridized carbons (Fsp3) is 0.100. The Hall–Kier alpha value is -1.97. The summed E-state index contributed by atoms with van der Waals surface area (Å²) in [4.78, 5) is 10.3. The van der Waals surface area contributed by atoms with Crippen LogP contribution in [0.15, 0.2) is 24.3 Å². The summed E-state index contributed by atoms with van der Waals surface area (Å²) in [5.74, 6) is -0.165. The molecule has 0 aliphatic carbocycles. The number of carbonyl (C=O) groups is 1. The van der Waals surface area contributed by atoms with Crippen LogP contribution in [0, 0.1) is 0 Å². The van der Waals surface area contributed by atoms with Crippen LogP contribution in [0.25, 0.3) is 6.08 Å². The molecule has 0 saturated heterocycles. The van der Waals surface area contributed by atoms with Crippen molar-refractivity contribution in [2.75, 3.05) is 6.79 Å². The Morgan fingerprint density at radius 2 is 2.29 bits per heavy atom. The summed E-state index contributed by atoms with van der Waals surface area (Å²) in [7, 11) is 0. The first-order chi connectivity index (χ1) is 7.18. The highest BCUT2D eigenvalue weighted by Gasteiger charge is 2.12. The molecule has 1 aromatic rings. The predicted molar refractivity (Wildman–Crippen MR) is 49.2 cm³/mol. The number of carboxylic acid groups (broad SMARTS) is 1. The van der Waals surface area contributed by atoms with Crippen molar-refractivity contribution >= 4 is 12.0 Å². The SMILES string of the molecule is [2H]c1c(C=CC(=O)O)ccc2c1OCO2. The van der Waals surface area contributed by atoms with Crippen LogP contribution >= 0.6 is 0 Å². The molecule has 1 heterocycles. The second-order valence-electron chi connectivity index (χ2n) is 2.69. The maximum atomic E-state index is 10.3. The second-order valence-corrected chi connectivity index (χ2v) is 2.69. The van der Waals surface area contributed by atoms with E-state index in [0.717, 1.165) is 6.08 Å². The van der Waals surface area contributed by atoms with Gasteiger partial charge in [-0.25, -0.2) is 4.79 Å². The average molecular weight is 193 g/mol. The van der Waals surface area contributed by atoms with Crippen molar-refractivity contribution in [2.24, 2.45) is 0 Å². The molecule has 0 fully saturated rings. The van der Waals surface area contributed by atoms with E-state index < -0.39 is 5.97 Å². The number of carboxylic acids is 1. The lowest BCUT2D eigenvalue weighted by Gasteiger charge is -1.96. The maximum absolute atomic E-state index is 10.3. The van der Waals surface area contributed by atoms with Gasteiger partial charge in [0.25, 0.3) is 0 Å². The fourth-order valence-corrected chi connectivity index (χ4v) is 1.11. The molecule has 0 radical (unpaired) electrons. The molecule has 0 spiro atoms. The van der Waals surface area contributed by atoms with Crippen LogP contribution in [0.4, 0.5) is 0 Å². The summed E-state index contributed by atoms with van der Waals surface area (Å²) >= 11 is 0. The third-order valence-electron chi connectivity index (χ3n) is 1.72. The summed E-state index contributed by atoms with van der Waals surface area (Å²) in [5.41, 5.74) is 0.488. The van der Waals surface area contributed by atoms with Gasteiger partial charge in [-0.3, -0.25) is 0 Å². The van der Waals surface area contributed by atoms with Crippen molar-refractivity contribution in [3.8, 4) is 11.5 Å². The Kier molecular flexibility index (Phi) is 1.81. The van der Waals surface area contributed by atoms with Gasteiger partial charge in [-0.1, -0.05) is 6.07 Å². The Bertz CT molecular complexity index is 439. The van der Waals surface area contributed by atoms with E-state index in [1.54, 1.807) is 12.1 Å². The zero-order chi connectivity index (χ0) is 10.8. The third-order valence-corrected chi connectivity index (χ3v) is 1.72. The Morgan fingerprint density at radius 1 is 1.50 bits per heavy atom. The number of rotatable bonds is 2. The molecule has 1 aliphatic rings. The maximum Gasteiger partial charge on any atom is 0.328 e. The first-order valence-electron chi connectivity index (χ1n) is 4.48. The van der Waals surface area contributed by atoms with Gasteiger partial charge in [0.15, 0.2) is 11.5 Å². The molecule has 4 heteroatoms. The monoisotopic (exact) mass is 193 g/mol. The number of aliphatic carboxylic acids is 1. The van der Waals surface area contributed by atoms with E-state index in [1.807, 2.05) is 0 Å². The number of hydrogen-bond acceptors (Lipinski definition) is 3. The Balaban J connectivity index is 2.38. The first-order valence-corrected chi connectivity index (χ1v) is 3.98. The van der Waals surface area contributed by atoms with Gasteiger partial charge in [-0.05, 0) is 23.7 Å². The molecule has 0 aromatic heterocycles. The largest absolute Gasteiger partial charge is 0.478 e. The van der Waals surface area contributed by atoms with E-state index in [1.165, 1.54) is 6.08 Å². The minimum atomic E-state index is -1.05. The molecule has 0 amide bonds. The molecule has 0 unspecified atom stereocenters. The van der Waals surface area contributed by atoms with E-state index in [-0.39, 0.29) is 12.8 Å². The van der Waals surface area contributed by atoms with Gasteiger partial charge in [-0.15, -0.1) is 0 Å². The first kappa shape index (κ1) is 7.44. The molecule has 0 atom stereocenters. The van der Waals surface area contributed by atoms with E-state index in [9.17, 15) is 4.79 Å². The summed E-state index contributed by atoms with van der Waals surface area (Å²) < 4.78 is 17.9. The number of benzene rings is 1. The molecule has 1 aromatic carbocycles. The van der Waals surface area contributed by atoms with Crippen molar-refractivity contribution in [3.05, 3.63) is 29.8 Å². The summed E-state index contributed by atoms with van der Waals surface area (Å²) in [6, 6.07) is 3.42. The van der Waals surface area contributed by atoms with Gasteiger partial charge in [-0.2, -0.15) is 0 Å². The zero-order valence-electron chi connectivity index (χ0n) is 8.19. The molecule has 0 bridgehead atoms. The molecular formula is C10H8O4. The van der Waals surface area contributed by atoms with Crippen LogP contribution in [0.2, 0.25) is 0 Å². The lowest BCUT2D eigenvalue weighted by Crippen LogP contribution is -1.92. The lowest BCUT2D eigenvalue weighted by atomic mass is 10.2. The molecule has 14 heavy (non-hydrogen) atoms. The number of fused-ring (bicyclic) bond motifs is 1. The predicted octanol–water partition coefficient (Wildman–Crippen LogP) is 1.51. The third kappa shape index (κ3) is 1.69. The van der Waals surface area contributed by atoms with Crippen LogP contribution in [0.3, 0.4) is 0 Å². The number of ether oxygens (including phenoxy) is 2. The normalized spacial score (nSPS) is 14.4. The van der Waals surface area contributed by atoms with Crippen molar-refractivity contribution in [2.45, 2.75) is 0 Å². The van der Waals surface area contributed by atoms with Gasteiger partial charge in [0, 0.05) is 6.08 Å². The minimum absolute atomic E-state index is 0.104. The zero-order valence-corrected chi connectivity index (χ0v) is 7.19. The molecule has 72 valence electrons.